The summed E-state index contributed by atoms with van der Waals surface area (Å²) >= 11 is 0. The Morgan fingerprint density at radius 2 is 1.84 bits per heavy atom. The Balaban J connectivity index is 2.24. The summed E-state index contributed by atoms with van der Waals surface area (Å²) in [6, 6.07) is 10.3. The maximum Gasteiger partial charge on any atom is 0.0681 e. The summed E-state index contributed by atoms with van der Waals surface area (Å²) in [5.74, 6) is 0. The largest absolute Gasteiger partial charge is 0.392 e. The van der Waals surface area contributed by atoms with Gasteiger partial charge in [0.1, 0.15) is 0 Å². The number of aliphatic hydroxyl groups is 1. The molecule has 19 heavy (non-hydrogen) atoms. The van der Waals surface area contributed by atoms with E-state index in [1.54, 1.807) is 0 Å². The van der Waals surface area contributed by atoms with E-state index in [4.69, 9.17) is 10.4 Å². The van der Waals surface area contributed by atoms with Gasteiger partial charge in [-0.3, -0.25) is 0 Å². The van der Waals surface area contributed by atoms with Crippen molar-refractivity contribution in [2.24, 2.45) is 5.41 Å². The van der Waals surface area contributed by atoms with Crippen molar-refractivity contribution in [3.05, 3.63) is 35.4 Å². The summed E-state index contributed by atoms with van der Waals surface area (Å²) in [5.41, 5.74) is 2.41. The standard InChI is InChI=1S/C16H24N2O/c1-16(2,9-3-10-17)13-18-11-8-14-4-6-15(12-19)7-5-14/h4-7,18-19H,3,8-9,11-13H2,1-2H3. The van der Waals surface area contributed by atoms with E-state index in [9.17, 15) is 0 Å². The van der Waals surface area contributed by atoms with Crippen molar-refractivity contribution >= 4 is 0 Å². The minimum absolute atomic E-state index is 0.103. The van der Waals surface area contributed by atoms with E-state index < -0.39 is 0 Å². The molecule has 0 spiro atoms. The van der Waals surface area contributed by atoms with Gasteiger partial charge in [0.05, 0.1) is 12.7 Å². The van der Waals surface area contributed by atoms with Crippen LogP contribution in [-0.4, -0.2) is 18.2 Å². The van der Waals surface area contributed by atoms with Crippen molar-refractivity contribution in [3.8, 4) is 6.07 Å². The number of nitrogens with zero attached hydrogens (tertiary/aromatic N) is 1. The van der Waals surface area contributed by atoms with Crippen molar-refractivity contribution in [1.82, 2.24) is 5.32 Å². The number of nitrogens with one attached hydrogen (secondary N) is 1. The predicted molar refractivity (Wildman–Crippen MR) is 77.6 cm³/mol. The van der Waals surface area contributed by atoms with Gasteiger partial charge in [0.25, 0.3) is 0 Å². The molecule has 0 amide bonds. The molecule has 1 rings (SSSR count). The molecule has 0 aliphatic carbocycles. The molecule has 3 nitrogen and oxygen atoms in total. The second kappa shape index (κ2) is 7.93. The first-order chi connectivity index (χ1) is 9.07. The van der Waals surface area contributed by atoms with Gasteiger partial charge in [0.15, 0.2) is 0 Å². The van der Waals surface area contributed by atoms with Crippen LogP contribution in [0.3, 0.4) is 0 Å². The number of hydrogen-bond acceptors (Lipinski definition) is 3. The number of benzene rings is 1. The molecular formula is C16H24N2O. The van der Waals surface area contributed by atoms with Crippen LogP contribution < -0.4 is 5.32 Å². The average Bonchev–Trinajstić information content (AvgIpc) is 2.42. The van der Waals surface area contributed by atoms with Crippen molar-refractivity contribution in [2.45, 2.75) is 39.7 Å². The van der Waals surface area contributed by atoms with Gasteiger partial charge in [-0.25, -0.2) is 0 Å². The predicted octanol–water partition coefficient (Wildman–Crippen LogP) is 2.64. The molecule has 0 fully saturated rings. The Morgan fingerprint density at radius 3 is 2.42 bits per heavy atom. The van der Waals surface area contributed by atoms with E-state index in [0.29, 0.717) is 6.42 Å². The maximum atomic E-state index is 8.97. The second-order valence-electron chi connectivity index (χ2n) is 5.72. The van der Waals surface area contributed by atoms with Gasteiger partial charge in [-0.05, 0) is 35.9 Å². The van der Waals surface area contributed by atoms with Crippen molar-refractivity contribution < 1.29 is 5.11 Å². The third kappa shape index (κ3) is 6.37. The van der Waals surface area contributed by atoms with E-state index in [-0.39, 0.29) is 12.0 Å². The van der Waals surface area contributed by atoms with Crippen LogP contribution in [0.2, 0.25) is 0 Å². The molecule has 0 unspecified atom stereocenters. The molecule has 0 atom stereocenters. The quantitative estimate of drug-likeness (QED) is 0.706. The SMILES string of the molecule is CC(C)(CCC#N)CNCCc1ccc(CO)cc1. The van der Waals surface area contributed by atoms with Gasteiger partial charge >= 0.3 is 0 Å². The van der Waals surface area contributed by atoms with Crippen LogP contribution in [-0.2, 0) is 13.0 Å². The van der Waals surface area contributed by atoms with Crippen LogP contribution in [0.25, 0.3) is 0 Å². The lowest BCUT2D eigenvalue weighted by atomic mass is 9.88. The highest BCUT2D eigenvalue weighted by Crippen LogP contribution is 2.20. The lowest BCUT2D eigenvalue weighted by Crippen LogP contribution is -2.30. The third-order valence-electron chi connectivity index (χ3n) is 3.31. The lowest BCUT2D eigenvalue weighted by Gasteiger charge is -2.23. The van der Waals surface area contributed by atoms with Crippen LogP contribution in [0, 0.1) is 16.7 Å². The van der Waals surface area contributed by atoms with Gasteiger partial charge in [0.2, 0.25) is 0 Å². The Morgan fingerprint density at radius 1 is 1.21 bits per heavy atom. The minimum atomic E-state index is 0.103. The molecule has 0 radical (unpaired) electrons. The van der Waals surface area contributed by atoms with E-state index >= 15 is 0 Å². The normalized spacial score (nSPS) is 11.3. The molecule has 3 heteroatoms. The van der Waals surface area contributed by atoms with Gasteiger partial charge < -0.3 is 10.4 Å². The molecule has 0 aliphatic heterocycles. The van der Waals surface area contributed by atoms with E-state index in [1.807, 2.05) is 12.1 Å². The molecule has 0 saturated carbocycles. The molecule has 1 aromatic carbocycles. The number of nitriles is 1. The Hall–Kier alpha value is -1.37. The Bertz CT molecular complexity index is 404. The number of rotatable bonds is 8. The molecule has 0 aliphatic rings. The lowest BCUT2D eigenvalue weighted by molar-refractivity contribution is 0.282. The highest BCUT2D eigenvalue weighted by atomic mass is 16.3. The van der Waals surface area contributed by atoms with Crippen molar-refractivity contribution in [3.63, 3.8) is 0 Å². The van der Waals surface area contributed by atoms with E-state index in [2.05, 4.69) is 37.4 Å². The minimum Gasteiger partial charge on any atom is -0.392 e. The maximum absolute atomic E-state index is 8.97. The molecule has 0 saturated heterocycles. The van der Waals surface area contributed by atoms with Crippen molar-refractivity contribution in [1.29, 1.82) is 5.26 Å². The summed E-state index contributed by atoms with van der Waals surface area (Å²) in [5, 5.41) is 21.0. The molecule has 0 aromatic heterocycles. The summed E-state index contributed by atoms with van der Waals surface area (Å²) in [6.07, 6.45) is 2.54. The summed E-state index contributed by atoms with van der Waals surface area (Å²) < 4.78 is 0. The van der Waals surface area contributed by atoms with Gasteiger partial charge in [-0.15, -0.1) is 0 Å². The smallest absolute Gasteiger partial charge is 0.0681 e. The summed E-state index contributed by atoms with van der Waals surface area (Å²) in [6.45, 7) is 6.35. The first-order valence-corrected chi connectivity index (χ1v) is 6.84. The van der Waals surface area contributed by atoms with Crippen LogP contribution in [0.15, 0.2) is 24.3 Å². The second-order valence-corrected chi connectivity index (χ2v) is 5.72. The average molecular weight is 260 g/mol. The fraction of sp³-hybridized carbons (Fsp3) is 0.562. The molecule has 0 bridgehead atoms. The van der Waals surface area contributed by atoms with Gasteiger partial charge in [0, 0.05) is 13.0 Å². The van der Waals surface area contributed by atoms with Gasteiger partial charge in [-0.2, -0.15) is 5.26 Å². The zero-order chi connectivity index (χ0) is 14.1. The fourth-order valence-corrected chi connectivity index (χ4v) is 1.95. The Kier molecular flexibility index (Phi) is 6.55. The van der Waals surface area contributed by atoms with E-state index in [0.717, 1.165) is 31.5 Å². The number of aliphatic hydroxyl groups excluding tert-OH is 1. The third-order valence-corrected chi connectivity index (χ3v) is 3.31. The van der Waals surface area contributed by atoms with E-state index in [1.165, 1.54) is 5.56 Å². The molecule has 1 aromatic rings. The monoisotopic (exact) mass is 260 g/mol. The zero-order valence-electron chi connectivity index (χ0n) is 11.9. The van der Waals surface area contributed by atoms with Gasteiger partial charge in [-0.1, -0.05) is 38.1 Å². The van der Waals surface area contributed by atoms with Crippen LogP contribution in [0.4, 0.5) is 0 Å². The summed E-state index contributed by atoms with van der Waals surface area (Å²) in [4.78, 5) is 0. The highest BCUT2D eigenvalue weighted by molar-refractivity contribution is 5.22. The first-order valence-electron chi connectivity index (χ1n) is 6.84. The Labute approximate surface area is 116 Å². The first kappa shape index (κ1) is 15.7. The van der Waals surface area contributed by atoms with Crippen LogP contribution in [0.5, 0.6) is 0 Å². The molecule has 2 N–H and O–H groups in total. The topological polar surface area (TPSA) is 56.0 Å². The van der Waals surface area contributed by atoms with Crippen LogP contribution >= 0.6 is 0 Å². The summed E-state index contributed by atoms with van der Waals surface area (Å²) in [7, 11) is 0. The number of hydrogen-bond donors (Lipinski definition) is 2. The highest BCUT2D eigenvalue weighted by Gasteiger charge is 2.16. The fourth-order valence-electron chi connectivity index (χ4n) is 1.95. The zero-order valence-corrected chi connectivity index (χ0v) is 11.9. The van der Waals surface area contributed by atoms with Crippen LogP contribution in [0.1, 0.15) is 37.8 Å². The van der Waals surface area contributed by atoms with Crippen molar-refractivity contribution in [2.75, 3.05) is 13.1 Å². The molecular weight excluding hydrogens is 236 g/mol. The molecule has 0 heterocycles. The molecule has 104 valence electrons.